The van der Waals surface area contributed by atoms with Crippen LogP contribution in [0.4, 0.5) is 0 Å². The Morgan fingerprint density at radius 2 is 1.96 bits per heavy atom. The third-order valence-electron chi connectivity index (χ3n) is 5.07. The van der Waals surface area contributed by atoms with Gasteiger partial charge >= 0.3 is 0 Å². The smallest absolute Gasteiger partial charge is 0.179 e. The topological polar surface area (TPSA) is 30.9 Å². The van der Waals surface area contributed by atoms with Gasteiger partial charge in [0.1, 0.15) is 0 Å². The molecule has 23 heavy (non-hydrogen) atoms. The van der Waals surface area contributed by atoms with E-state index in [0.29, 0.717) is 16.5 Å². The van der Waals surface area contributed by atoms with Crippen molar-refractivity contribution >= 4 is 11.6 Å². The Morgan fingerprint density at radius 3 is 2.65 bits per heavy atom. The van der Waals surface area contributed by atoms with Crippen LogP contribution in [-0.2, 0) is 11.3 Å². The molecule has 2 aliphatic rings. The summed E-state index contributed by atoms with van der Waals surface area (Å²) in [5.41, 5.74) is 1.32. The zero-order valence-electron chi connectivity index (χ0n) is 14.1. The predicted molar refractivity (Wildman–Crippen MR) is 91.6 cm³/mol. The second-order valence-electron chi connectivity index (χ2n) is 6.58. The van der Waals surface area contributed by atoms with Crippen molar-refractivity contribution in [2.45, 2.75) is 44.2 Å². The molecule has 128 valence electrons. The van der Waals surface area contributed by atoms with Crippen LogP contribution in [0.15, 0.2) is 12.1 Å². The molecule has 1 atom stereocenters. The van der Waals surface area contributed by atoms with Crippen LogP contribution in [0, 0.1) is 0 Å². The summed E-state index contributed by atoms with van der Waals surface area (Å²) in [6.45, 7) is 4.00. The van der Waals surface area contributed by atoms with E-state index in [1.54, 1.807) is 14.2 Å². The van der Waals surface area contributed by atoms with E-state index in [1.165, 1.54) is 25.7 Å². The van der Waals surface area contributed by atoms with E-state index in [4.69, 9.17) is 25.8 Å². The molecule has 0 radical (unpaired) electrons. The van der Waals surface area contributed by atoms with E-state index in [9.17, 15) is 0 Å². The molecule has 1 aromatic rings. The number of methoxy groups -OCH3 is 2. The van der Waals surface area contributed by atoms with Crippen molar-refractivity contribution in [2.24, 2.45) is 0 Å². The lowest BCUT2D eigenvalue weighted by atomic mass is 9.92. The molecule has 0 aliphatic carbocycles. The molecule has 1 unspecified atom stereocenters. The SMILES string of the molecule is COc1cc(CN2CCCC3(CCCO3)CC2)cc(Cl)c1OC. The molecule has 0 N–H and O–H groups in total. The van der Waals surface area contributed by atoms with Crippen LogP contribution in [0.3, 0.4) is 0 Å². The molecule has 0 amide bonds. The number of rotatable bonds is 4. The van der Waals surface area contributed by atoms with Crippen LogP contribution < -0.4 is 9.47 Å². The minimum atomic E-state index is 0.157. The van der Waals surface area contributed by atoms with Gasteiger partial charge in [0.2, 0.25) is 0 Å². The molecule has 0 aromatic heterocycles. The Bertz CT molecular complexity index is 543. The van der Waals surface area contributed by atoms with E-state index in [0.717, 1.165) is 38.2 Å². The van der Waals surface area contributed by atoms with Crippen LogP contribution in [0.1, 0.15) is 37.7 Å². The third-order valence-corrected chi connectivity index (χ3v) is 5.36. The average molecular weight is 340 g/mol. The fourth-order valence-electron chi connectivity index (χ4n) is 3.85. The number of hydrogen-bond donors (Lipinski definition) is 0. The van der Waals surface area contributed by atoms with Crippen LogP contribution in [-0.4, -0.2) is 44.4 Å². The van der Waals surface area contributed by atoms with Gasteiger partial charge in [-0.1, -0.05) is 11.6 Å². The Morgan fingerprint density at radius 1 is 1.13 bits per heavy atom. The lowest BCUT2D eigenvalue weighted by Crippen LogP contribution is -2.30. The molecular weight excluding hydrogens is 314 g/mol. The number of benzene rings is 1. The Labute approximate surface area is 143 Å². The molecule has 2 fully saturated rings. The normalized spacial score (nSPS) is 25.5. The Kier molecular flexibility index (Phi) is 5.34. The molecule has 2 heterocycles. The van der Waals surface area contributed by atoms with E-state index in [1.807, 2.05) is 12.1 Å². The van der Waals surface area contributed by atoms with Crippen molar-refractivity contribution < 1.29 is 14.2 Å². The Hall–Kier alpha value is -0.970. The quantitative estimate of drug-likeness (QED) is 0.832. The summed E-state index contributed by atoms with van der Waals surface area (Å²) in [5.74, 6) is 1.30. The van der Waals surface area contributed by atoms with Crippen molar-refractivity contribution in [3.8, 4) is 11.5 Å². The zero-order chi connectivity index (χ0) is 16.3. The molecule has 0 saturated carbocycles. The van der Waals surface area contributed by atoms with Gasteiger partial charge in [0.15, 0.2) is 11.5 Å². The first-order chi connectivity index (χ1) is 11.2. The van der Waals surface area contributed by atoms with Crippen LogP contribution in [0.2, 0.25) is 5.02 Å². The van der Waals surface area contributed by atoms with E-state index >= 15 is 0 Å². The van der Waals surface area contributed by atoms with Gasteiger partial charge in [0.05, 0.1) is 24.8 Å². The molecule has 3 rings (SSSR count). The van der Waals surface area contributed by atoms with Crippen molar-refractivity contribution in [3.63, 3.8) is 0 Å². The maximum atomic E-state index is 6.32. The minimum absolute atomic E-state index is 0.157. The highest BCUT2D eigenvalue weighted by molar-refractivity contribution is 6.32. The molecule has 4 nitrogen and oxygen atoms in total. The second kappa shape index (κ2) is 7.29. The van der Waals surface area contributed by atoms with Crippen molar-refractivity contribution in [2.75, 3.05) is 33.9 Å². The number of halogens is 1. The second-order valence-corrected chi connectivity index (χ2v) is 6.99. The molecule has 1 aromatic carbocycles. The van der Waals surface area contributed by atoms with Crippen molar-refractivity contribution in [1.82, 2.24) is 4.90 Å². The van der Waals surface area contributed by atoms with Crippen molar-refractivity contribution in [3.05, 3.63) is 22.7 Å². The number of likely N-dealkylation sites (tertiary alicyclic amines) is 1. The summed E-state index contributed by atoms with van der Waals surface area (Å²) in [5, 5.41) is 0.604. The standard InChI is InChI=1S/C18H26ClNO3/c1-21-16-12-14(11-15(19)17(16)22-2)13-20-8-3-5-18(7-9-20)6-4-10-23-18/h11-12H,3-10,13H2,1-2H3. The summed E-state index contributed by atoms with van der Waals surface area (Å²) in [6, 6.07) is 4.01. The fourth-order valence-corrected chi connectivity index (χ4v) is 4.16. The van der Waals surface area contributed by atoms with E-state index < -0.39 is 0 Å². The first kappa shape index (κ1) is 16.9. The number of hydrogen-bond acceptors (Lipinski definition) is 4. The van der Waals surface area contributed by atoms with Gasteiger partial charge in [-0.15, -0.1) is 0 Å². The van der Waals surface area contributed by atoms with Gasteiger partial charge in [-0.2, -0.15) is 0 Å². The Balaban J connectivity index is 1.68. The van der Waals surface area contributed by atoms with E-state index in [2.05, 4.69) is 4.90 Å². The maximum Gasteiger partial charge on any atom is 0.179 e. The van der Waals surface area contributed by atoms with Crippen LogP contribution in [0.5, 0.6) is 11.5 Å². The van der Waals surface area contributed by atoms with Gasteiger partial charge in [0, 0.05) is 19.7 Å². The van der Waals surface area contributed by atoms with Gasteiger partial charge in [-0.25, -0.2) is 0 Å². The lowest BCUT2D eigenvalue weighted by Gasteiger charge is -2.27. The highest BCUT2D eigenvalue weighted by Gasteiger charge is 2.36. The molecular formula is C18H26ClNO3. The average Bonchev–Trinajstić information content (AvgIpc) is 2.91. The van der Waals surface area contributed by atoms with Crippen LogP contribution >= 0.6 is 11.6 Å². The summed E-state index contributed by atoms with van der Waals surface area (Å²) in [7, 11) is 3.25. The molecule has 1 spiro atoms. The third kappa shape index (κ3) is 3.76. The number of nitrogens with zero attached hydrogens (tertiary/aromatic N) is 1. The fraction of sp³-hybridized carbons (Fsp3) is 0.667. The largest absolute Gasteiger partial charge is 0.493 e. The van der Waals surface area contributed by atoms with Crippen molar-refractivity contribution in [1.29, 1.82) is 0 Å². The van der Waals surface area contributed by atoms with E-state index in [-0.39, 0.29) is 5.60 Å². The summed E-state index contributed by atoms with van der Waals surface area (Å²) in [4.78, 5) is 2.49. The molecule has 2 saturated heterocycles. The molecule has 5 heteroatoms. The first-order valence-electron chi connectivity index (χ1n) is 8.42. The lowest BCUT2D eigenvalue weighted by molar-refractivity contribution is -0.00737. The molecule has 0 bridgehead atoms. The minimum Gasteiger partial charge on any atom is -0.493 e. The number of ether oxygens (including phenoxy) is 3. The zero-order valence-corrected chi connectivity index (χ0v) is 14.8. The van der Waals surface area contributed by atoms with Gasteiger partial charge in [-0.05, 0) is 56.3 Å². The van der Waals surface area contributed by atoms with Gasteiger partial charge < -0.3 is 14.2 Å². The van der Waals surface area contributed by atoms with Gasteiger partial charge in [0.25, 0.3) is 0 Å². The molecule has 2 aliphatic heterocycles. The summed E-state index contributed by atoms with van der Waals surface area (Å²) in [6.07, 6.45) is 5.96. The highest BCUT2D eigenvalue weighted by atomic mass is 35.5. The van der Waals surface area contributed by atoms with Gasteiger partial charge in [-0.3, -0.25) is 4.90 Å². The first-order valence-corrected chi connectivity index (χ1v) is 8.80. The predicted octanol–water partition coefficient (Wildman–Crippen LogP) is 3.89. The highest BCUT2D eigenvalue weighted by Crippen LogP contribution is 2.38. The van der Waals surface area contributed by atoms with Crippen LogP contribution in [0.25, 0.3) is 0 Å². The maximum absolute atomic E-state index is 6.32. The summed E-state index contributed by atoms with van der Waals surface area (Å²) >= 11 is 6.32. The monoisotopic (exact) mass is 339 g/mol. The summed E-state index contributed by atoms with van der Waals surface area (Å²) < 4.78 is 16.8.